The maximum atomic E-state index is 12.4. The molecule has 0 atom stereocenters. The second-order valence-corrected chi connectivity index (χ2v) is 7.87. The minimum Gasteiger partial charge on any atom is -0.336 e. The molecule has 0 aliphatic heterocycles. The predicted octanol–water partition coefficient (Wildman–Crippen LogP) is 4.03. The van der Waals surface area contributed by atoms with Crippen LogP contribution in [0.3, 0.4) is 0 Å². The Morgan fingerprint density at radius 3 is 2.60 bits per heavy atom. The van der Waals surface area contributed by atoms with Gasteiger partial charge in [-0.25, -0.2) is 4.68 Å². The molecule has 6 nitrogen and oxygen atoms in total. The van der Waals surface area contributed by atoms with Gasteiger partial charge in [0.05, 0.1) is 5.75 Å². The van der Waals surface area contributed by atoms with Crippen LogP contribution >= 0.6 is 11.8 Å². The summed E-state index contributed by atoms with van der Waals surface area (Å²) in [5.41, 5.74) is 3.09. The number of nitrogens with one attached hydrogen (secondary N) is 1. The molecule has 0 aliphatic rings. The Labute approximate surface area is 179 Å². The fourth-order valence-corrected chi connectivity index (χ4v) is 4.09. The van der Waals surface area contributed by atoms with Crippen molar-refractivity contribution in [3.05, 3.63) is 83.7 Å². The smallest absolute Gasteiger partial charge is 0.234 e. The van der Waals surface area contributed by atoms with Crippen LogP contribution in [0.5, 0.6) is 0 Å². The number of amides is 1. The number of rotatable bonds is 7. The molecule has 30 heavy (non-hydrogen) atoms. The van der Waals surface area contributed by atoms with E-state index in [4.69, 9.17) is 5.84 Å². The van der Waals surface area contributed by atoms with Gasteiger partial charge in [-0.15, -0.1) is 10.2 Å². The zero-order valence-electron chi connectivity index (χ0n) is 16.7. The van der Waals surface area contributed by atoms with Gasteiger partial charge in [-0.3, -0.25) is 4.79 Å². The standard InChI is InChI=1S/C23H23N5OS/c1-2-16-8-4-6-13-20(16)25-22(29)15-30-23-27-26-21(28(23)24)14-18-11-7-10-17-9-3-5-12-19(17)18/h3-13H,2,14-15,24H2,1H3,(H,25,29). The average Bonchev–Trinajstić information content (AvgIpc) is 3.12. The first-order valence-corrected chi connectivity index (χ1v) is 10.8. The fourth-order valence-electron chi connectivity index (χ4n) is 3.41. The summed E-state index contributed by atoms with van der Waals surface area (Å²) in [5.74, 6) is 6.99. The van der Waals surface area contributed by atoms with Crippen molar-refractivity contribution in [3.8, 4) is 0 Å². The fraction of sp³-hybridized carbons (Fsp3) is 0.174. The SMILES string of the molecule is CCc1ccccc1NC(=O)CSc1nnc(Cc2cccc3ccccc23)n1N. The van der Waals surface area contributed by atoms with Crippen LogP contribution in [0, 0.1) is 0 Å². The van der Waals surface area contributed by atoms with Crippen molar-refractivity contribution >= 4 is 34.1 Å². The van der Waals surface area contributed by atoms with Crippen molar-refractivity contribution in [2.45, 2.75) is 24.9 Å². The Bertz CT molecular complexity index is 1180. The molecule has 0 saturated heterocycles. The van der Waals surface area contributed by atoms with Gasteiger partial charge in [-0.1, -0.05) is 79.3 Å². The molecule has 0 spiro atoms. The first-order valence-electron chi connectivity index (χ1n) is 9.82. The molecule has 3 aromatic carbocycles. The number of carbonyl (C=O) groups is 1. The van der Waals surface area contributed by atoms with Crippen LogP contribution in [0.2, 0.25) is 0 Å². The van der Waals surface area contributed by atoms with Crippen molar-refractivity contribution in [1.29, 1.82) is 0 Å². The van der Waals surface area contributed by atoms with Crippen LogP contribution in [0.25, 0.3) is 10.8 Å². The third kappa shape index (κ3) is 4.31. The van der Waals surface area contributed by atoms with E-state index in [-0.39, 0.29) is 11.7 Å². The third-order valence-corrected chi connectivity index (χ3v) is 5.91. The molecule has 0 bridgehead atoms. The number of carbonyl (C=O) groups excluding carboxylic acids is 1. The van der Waals surface area contributed by atoms with E-state index >= 15 is 0 Å². The minimum absolute atomic E-state index is 0.0977. The van der Waals surface area contributed by atoms with E-state index in [1.807, 2.05) is 42.5 Å². The van der Waals surface area contributed by atoms with E-state index in [2.05, 4.69) is 46.7 Å². The minimum atomic E-state index is -0.0977. The van der Waals surface area contributed by atoms with Crippen LogP contribution in [0.4, 0.5) is 5.69 Å². The summed E-state index contributed by atoms with van der Waals surface area (Å²) in [6.07, 6.45) is 1.43. The largest absolute Gasteiger partial charge is 0.336 e. The highest BCUT2D eigenvalue weighted by atomic mass is 32.2. The van der Waals surface area contributed by atoms with E-state index in [1.165, 1.54) is 27.2 Å². The van der Waals surface area contributed by atoms with Crippen LogP contribution in [-0.4, -0.2) is 26.5 Å². The number of aryl methyl sites for hydroxylation is 1. The monoisotopic (exact) mass is 417 g/mol. The summed E-state index contributed by atoms with van der Waals surface area (Å²) in [6, 6.07) is 22.2. The number of para-hydroxylation sites is 1. The average molecular weight is 418 g/mol. The molecule has 1 aromatic heterocycles. The highest BCUT2D eigenvalue weighted by Crippen LogP contribution is 2.22. The molecule has 0 radical (unpaired) electrons. The van der Waals surface area contributed by atoms with Crippen LogP contribution < -0.4 is 11.2 Å². The summed E-state index contributed by atoms with van der Waals surface area (Å²) in [7, 11) is 0. The number of fused-ring (bicyclic) bond motifs is 1. The summed E-state index contributed by atoms with van der Waals surface area (Å²) < 4.78 is 1.47. The molecular weight excluding hydrogens is 394 g/mol. The predicted molar refractivity (Wildman–Crippen MR) is 122 cm³/mol. The lowest BCUT2D eigenvalue weighted by Crippen LogP contribution is -2.18. The van der Waals surface area contributed by atoms with Crippen molar-refractivity contribution in [1.82, 2.24) is 14.9 Å². The highest BCUT2D eigenvalue weighted by molar-refractivity contribution is 7.99. The first-order chi connectivity index (χ1) is 14.7. The van der Waals surface area contributed by atoms with Gasteiger partial charge in [0.2, 0.25) is 11.1 Å². The van der Waals surface area contributed by atoms with Crippen LogP contribution in [0.1, 0.15) is 23.9 Å². The van der Waals surface area contributed by atoms with Gasteiger partial charge >= 0.3 is 0 Å². The van der Waals surface area contributed by atoms with Gasteiger partial charge in [-0.2, -0.15) is 0 Å². The molecule has 3 N–H and O–H groups in total. The number of nitrogens with zero attached hydrogens (tertiary/aromatic N) is 3. The summed E-state index contributed by atoms with van der Waals surface area (Å²) in [6.45, 7) is 2.06. The van der Waals surface area contributed by atoms with Gasteiger partial charge < -0.3 is 11.2 Å². The normalized spacial score (nSPS) is 11.0. The maximum Gasteiger partial charge on any atom is 0.234 e. The molecule has 0 fully saturated rings. The Morgan fingerprint density at radius 1 is 1.00 bits per heavy atom. The summed E-state index contributed by atoms with van der Waals surface area (Å²) >= 11 is 1.28. The second kappa shape index (κ2) is 9.00. The van der Waals surface area contributed by atoms with E-state index in [9.17, 15) is 4.79 Å². The van der Waals surface area contributed by atoms with E-state index < -0.39 is 0 Å². The van der Waals surface area contributed by atoms with Crippen LogP contribution in [0.15, 0.2) is 71.9 Å². The zero-order chi connectivity index (χ0) is 20.9. The van der Waals surface area contributed by atoms with Gasteiger partial charge in [0.1, 0.15) is 0 Å². The van der Waals surface area contributed by atoms with Gasteiger partial charge in [0.25, 0.3) is 0 Å². The first kappa shape index (κ1) is 20.0. The number of aromatic nitrogens is 3. The van der Waals surface area contributed by atoms with Gasteiger partial charge in [0.15, 0.2) is 5.82 Å². The van der Waals surface area contributed by atoms with E-state index in [0.29, 0.717) is 17.4 Å². The molecule has 0 unspecified atom stereocenters. The zero-order valence-corrected chi connectivity index (χ0v) is 17.5. The number of nitrogens with two attached hydrogens (primary N) is 1. The topological polar surface area (TPSA) is 85.8 Å². The number of thioether (sulfide) groups is 1. The number of anilines is 1. The van der Waals surface area contributed by atoms with Crippen LogP contribution in [-0.2, 0) is 17.6 Å². The molecule has 0 saturated carbocycles. The molecule has 152 valence electrons. The lowest BCUT2D eigenvalue weighted by atomic mass is 10.0. The molecule has 1 heterocycles. The Balaban J connectivity index is 1.43. The van der Waals surface area contributed by atoms with Gasteiger partial charge in [-0.05, 0) is 34.4 Å². The molecule has 4 rings (SSSR count). The van der Waals surface area contributed by atoms with Gasteiger partial charge in [0, 0.05) is 12.1 Å². The summed E-state index contributed by atoms with van der Waals surface area (Å²) in [4.78, 5) is 12.4. The third-order valence-electron chi connectivity index (χ3n) is 4.97. The number of nitrogen functional groups attached to an aromatic ring is 1. The van der Waals surface area contributed by atoms with Crippen molar-refractivity contribution in [2.75, 3.05) is 16.9 Å². The van der Waals surface area contributed by atoms with Crippen molar-refractivity contribution in [2.24, 2.45) is 0 Å². The summed E-state index contributed by atoms with van der Waals surface area (Å²) in [5, 5.41) is 14.2. The van der Waals surface area contributed by atoms with Crippen molar-refractivity contribution < 1.29 is 4.79 Å². The molecule has 7 heteroatoms. The lowest BCUT2D eigenvalue weighted by Gasteiger charge is -2.09. The quantitative estimate of drug-likeness (QED) is 0.350. The maximum absolute atomic E-state index is 12.4. The molecular formula is C23H23N5OS. The number of hydrogen-bond donors (Lipinski definition) is 2. The lowest BCUT2D eigenvalue weighted by molar-refractivity contribution is -0.113. The number of benzene rings is 3. The molecule has 1 amide bonds. The Kier molecular flexibility index (Phi) is 5.99. The highest BCUT2D eigenvalue weighted by Gasteiger charge is 2.14. The Hall–Kier alpha value is -3.32. The van der Waals surface area contributed by atoms with Crippen molar-refractivity contribution in [3.63, 3.8) is 0 Å². The number of hydrogen-bond acceptors (Lipinski definition) is 5. The van der Waals surface area contributed by atoms with E-state index in [1.54, 1.807) is 0 Å². The molecule has 4 aromatic rings. The van der Waals surface area contributed by atoms with E-state index in [0.717, 1.165) is 23.2 Å². The Morgan fingerprint density at radius 2 is 1.73 bits per heavy atom. The second-order valence-electron chi connectivity index (χ2n) is 6.93. The molecule has 0 aliphatic carbocycles.